The van der Waals surface area contributed by atoms with Crippen LogP contribution in [0.2, 0.25) is 0 Å². The molecule has 3 rings (SSSR count). The number of hydrogen-bond acceptors (Lipinski definition) is 3. The highest BCUT2D eigenvalue weighted by Crippen LogP contribution is 2.31. The zero-order valence-electron chi connectivity index (χ0n) is 13.2. The summed E-state index contributed by atoms with van der Waals surface area (Å²) in [6.45, 7) is 6.35. The molecule has 0 atom stereocenters. The molecule has 1 aliphatic heterocycles. The maximum atomic E-state index is 8.55. The van der Waals surface area contributed by atoms with Crippen molar-refractivity contribution in [2.45, 2.75) is 32.4 Å². The van der Waals surface area contributed by atoms with Crippen molar-refractivity contribution in [3.05, 3.63) is 57.6 Å². The number of rotatable bonds is 4. The third-order valence-electron chi connectivity index (χ3n) is 4.25. The van der Waals surface area contributed by atoms with Crippen LogP contribution in [0.4, 0.5) is 5.82 Å². The highest BCUT2D eigenvalue weighted by atomic mass is 15.4. The molecule has 1 aromatic heterocycles. The molecule has 0 saturated heterocycles. The minimum absolute atomic E-state index is 0.237. The molecular weight excluding hydrogens is 276 g/mol. The Morgan fingerprint density at radius 1 is 1.27 bits per heavy atom. The van der Waals surface area contributed by atoms with Gasteiger partial charge in [0.1, 0.15) is 0 Å². The van der Waals surface area contributed by atoms with E-state index in [1.165, 1.54) is 11.1 Å². The van der Waals surface area contributed by atoms with Gasteiger partial charge < -0.3 is 4.90 Å². The number of benzene rings is 1. The van der Waals surface area contributed by atoms with Gasteiger partial charge in [0.2, 0.25) is 0 Å². The number of hydrogen-bond donors (Lipinski definition) is 0. The molecule has 0 unspecified atom stereocenters. The smallest absolute Gasteiger partial charge is 0.151 e. The average Bonchev–Trinajstić information content (AvgIpc) is 3.08. The van der Waals surface area contributed by atoms with E-state index in [0.717, 1.165) is 24.6 Å². The lowest BCUT2D eigenvalue weighted by atomic mass is 9.89. The van der Waals surface area contributed by atoms with Crippen molar-refractivity contribution in [3.63, 3.8) is 0 Å². The van der Waals surface area contributed by atoms with E-state index in [2.05, 4.69) is 64.2 Å². The van der Waals surface area contributed by atoms with E-state index >= 15 is 0 Å². The first kappa shape index (κ1) is 14.5. The highest BCUT2D eigenvalue weighted by Gasteiger charge is 2.27. The fraction of sp³-hybridized carbons (Fsp3) is 0.438. The van der Waals surface area contributed by atoms with Gasteiger partial charge in [0.05, 0.1) is 0 Å². The fourth-order valence-electron chi connectivity index (χ4n) is 3.02. The summed E-state index contributed by atoms with van der Waals surface area (Å²) in [6.07, 6.45) is 0. The second kappa shape index (κ2) is 5.39. The van der Waals surface area contributed by atoms with Gasteiger partial charge in [-0.2, -0.15) is 5.10 Å². The molecule has 0 radical (unpaired) electrons. The molecule has 0 saturated carbocycles. The Kier molecular flexibility index (Phi) is 3.54. The van der Waals surface area contributed by atoms with Crippen LogP contribution in [-0.2, 0) is 25.6 Å². The van der Waals surface area contributed by atoms with Gasteiger partial charge in [0.15, 0.2) is 5.82 Å². The lowest BCUT2D eigenvalue weighted by Crippen LogP contribution is -2.24. The Hall–Kier alpha value is -2.46. The molecule has 0 spiro atoms. The second-order valence-corrected chi connectivity index (χ2v) is 6.41. The molecule has 1 aromatic carbocycles. The monoisotopic (exact) mass is 296 g/mol. The van der Waals surface area contributed by atoms with E-state index in [-0.39, 0.29) is 5.41 Å². The van der Waals surface area contributed by atoms with E-state index in [4.69, 9.17) is 5.53 Å². The highest BCUT2D eigenvalue weighted by molar-refractivity contribution is 5.48. The molecule has 1 aliphatic rings. The molecule has 0 bridgehead atoms. The predicted molar refractivity (Wildman–Crippen MR) is 86.6 cm³/mol. The molecule has 0 N–H and O–H groups in total. The summed E-state index contributed by atoms with van der Waals surface area (Å²) in [5, 5.41) is 8.38. The van der Waals surface area contributed by atoms with Gasteiger partial charge in [0.25, 0.3) is 0 Å². The SMILES string of the molecule is Cn1nc(N2Cc3ccccc3C2)cc1C(C)(C)CN=[N+]=[N-]. The standard InChI is InChI=1S/C16H20N6/c1-16(2,11-18-20-17)14-8-15(19-21(14)3)22-9-12-6-4-5-7-13(12)10-22/h4-8H,9-11H2,1-3H3. The van der Waals surface area contributed by atoms with Crippen LogP contribution in [0, 0.1) is 0 Å². The van der Waals surface area contributed by atoms with Crippen LogP contribution in [0.25, 0.3) is 10.4 Å². The normalized spacial score (nSPS) is 13.9. The Balaban J connectivity index is 1.86. The molecule has 2 heterocycles. The van der Waals surface area contributed by atoms with Gasteiger partial charge in [-0.25, -0.2) is 0 Å². The summed E-state index contributed by atoms with van der Waals surface area (Å²) in [5.74, 6) is 0.975. The predicted octanol–water partition coefficient (Wildman–Crippen LogP) is 3.53. The van der Waals surface area contributed by atoms with E-state index in [1.54, 1.807) is 0 Å². The summed E-state index contributed by atoms with van der Waals surface area (Å²) in [7, 11) is 1.94. The molecular formula is C16H20N6. The molecule has 0 fully saturated rings. The van der Waals surface area contributed by atoms with Crippen LogP contribution in [0.5, 0.6) is 0 Å². The van der Waals surface area contributed by atoms with Gasteiger partial charge in [-0.3, -0.25) is 4.68 Å². The lowest BCUT2D eigenvalue weighted by Gasteiger charge is -2.22. The van der Waals surface area contributed by atoms with Crippen LogP contribution in [0.1, 0.15) is 30.7 Å². The van der Waals surface area contributed by atoms with Gasteiger partial charge in [0, 0.05) is 48.8 Å². The van der Waals surface area contributed by atoms with E-state index in [9.17, 15) is 0 Å². The summed E-state index contributed by atoms with van der Waals surface area (Å²) < 4.78 is 1.89. The van der Waals surface area contributed by atoms with Gasteiger partial charge >= 0.3 is 0 Å². The fourth-order valence-corrected chi connectivity index (χ4v) is 3.02. The maximum Gasteiger partial charge on any atom is 0.151 e. The molecule has 6 heteroatoms. The first-order chi connectivity index (χ1) is 10.5. The quantitative estimate of drug-likeness (QED) is 0.492. The van der Waals surface area contributed by atoms with Gasteiger partial charge in [-0.15, -0.1) is 0 Å². The molecule has 0 aliphatic carbocycles. The van der Waals surface area contributed by atoms with Crippen LogP contribution < -0.4 is 4.90 Å². The topological polar surface area (TPSA) is 69.8 Å². The number of fused-ring (bicyclic) bond motifs is 1. The largest absolute Gasteiger partial charge is 0.346 e. The Morgan fingerprint density at radius 2 is 1.91 bits per heavy atom. The summed E-state index contributed by atoms with van der Waals surface area (Å²) >= 11 is 0. The Bertz CT molecular complexity index is 714. The number of aryl methyl sites for hydroxylation is 1. The van der Waals surface area contributed by atoms with Crippen molar-refractivity contribution in [3.8, 4) is 0 Å². The van der Waals surface area contributed by atoms with Crippen LogP contribution in [0.15, 0.2) is 35.4 Å². The van der Waals surface area contributed by atoms with Crippen LogP contribution >= 0.6 is 0 Å². The first-order valence-electron chi connectivity index (χ1n) is 7.38. The summed E-state index contributed by atoms with van der Waals surface area (Å²) in [4.78, 5) is 5.15. The zero-order chi connectivity index (χ0) is 15.7. The van der Waals surface area contributed by atoms with Crippen molar-refractivity contribution >= 4 is 5.82 Å². The number of nitrogens with zero attached hydrogens (tertiary/aromatic N) is 6. The van der Waals surface area contributed by atoms with Gasteiger partial charge in [-0.05, 0) is 16.7 Å². The minimum Gasteiger partial charge on any atom is -0.346 e. The van der Waals surface area contributed by atoms with Crippen molar-refractivity contribution in [1.82, 2.24) is 9.78 Å². The zero-order valence-corrected chi connectivity index (χ0v) is 13.2. The molecule has 2 aromatic rings. The van der Waals surface area contributed by atoms with Crippen molar-refractivity contribution in [2.75, 3.05) is 11.4 Å². The second-order valence-electron chi connectivity index (χ2n) is 6.41. The molecule has 22 heavy (non-hydrogen) atoms. The number of aromatic nitrogens is 2. The van der Waals surface area contributed by atoms with E-state index in [0.29, 0.717) is 6.54 Å². The lowest BCUT2D eigenvalue weighted by molar-refractivity contribution is 0.486. The summed E-state index contributed by atoms with van der Waals surface area (Å²) in [5.41, 5.74) is 12.1. The average molecular weight is 296 g/mol. The molecule has 114 valence electrons. The van der Waals surface area contributed by atoms with E-state index < -0.39 is 0 Å². The van der Waals surface area contributed by atoms with Crippen LogP contribution in [0.3, 0.4) is 0 Å². The first-order valence-corrected chi connectivity index (χ1v) is 7.38. The third-order valence-corrected chi connectivity index (χ3v) is 4.25. The van der Waals surface area contributed by atoms with Crippen molar-refractivity contribution < 1.29 is 0 Å². The van der Waals surface area contributed by atoms with E-state index in [1.807, 2.05) is 11.7 Å². The number of anilines is 1. The maximum absolute atomic E-state index is 8.55. The van der Waals surface area contributed by atoms with Gasteiger partial charge in [-0.1, -0.05) is 43.2 Å². The number of azide groups is 1. The van der Waals surface area contributed by atoms with Crippen LogP contribution in [-0.4, -0.2) is 16.3 Å². The molecule has 6 nitrogen and oxygen atoms in total. The Labute approximate surface area is 130 Å². The Morgan fingerprint density at radius 3 is 2.50 bits per heavy atom. The summed E-state index contributed by atoms with van der Waals surface area (Å²) in [6, 6.07) is 10.6. The van der Waals surface area contributed by atoms with Crippen molar-refractivity contribution in [1.29, 1.82) is 0 Å². The molecule has 0 amide bonds. The minimum atomic E-state index is -0.237. The van der Waals surface area contributed by atoms with Crippen molar-refractivity contribution in [2.24, 2.45) is 12.2 Å². The third kappa shape index (κ3) is 2.53.